The van der Waals surface area contributed by atoms with E-state index in [1.165, 1.54) is 34.8 Å². The summed E-state index contributed by atoms with van der Waals surface area (Å²) < 4.78 is 0. The van der Waals surface area contributed by atoms with Crippen LogP contribution >= 0.6 is 23.5 Å². The van der Waals surface area contributed by atoms with Crippen molar-refractivity contribution in [3.63, 3.8) is 0 Å². The number of rotatable bonds is 5. The van der Waals surface area contributed by atoms with E-state index in [9.17, 15) is 0 Å². The molecule has 0 aliphatic carbocycles. The molecule has 0 bridgehead atoms. The van der Waals surface area contributed by atoms with Gasteiger partial charge in [0.15, 0.2) is 0 Å². The summed E-state index contributed by atoms with van der Waals surface area (Å²) in [6.07, 6.45) is 4.71. The van der Waals surface area contributed by atoms with E-state index in [1.54, 1.807) is 0 Å². The molecular formula is C13H19NS2. The van der Waals surface area contributed by atoms with Crippen LogP contribution in [0.2, 0.25) is 0 Å². The monoisotopic (exact) mass is 253 g/mol. The van der Waals surface area contributed by atoms with Crippen LogP contribution in [-0.4, -0.2) is 24.3 Å². The summed E-state index contributed by atoms with van der Waals surface area (Å²) in [4.78, 5) is 1.47. The van der Waals surface area contributed by atoms with Gasteiger partial charge in [-0.25, -0.2) is 0 Å². The Morgan fingerprint density at radius 1 is 1.44 bits per heavy atom. The highest BCUT2D eigenvalue weighted by Crippen LogP contribution is 2.35. The van der Waals surface area contributed by atoms with Crippen LogP contribution in [-0.2, 0) is 0 Å². The Morgan fingerprint density at radius 2 is 2.31 bits per heavy atom. The minimum absolute atomic E-state index is 0.583. The van der Waals surface area contributed by atoms with Gasteiger partial charge in [0.2, 0.25) is 0 Å². The maximum Gasteiger partial charge on any atom is 0.0339 e. The summed E-state index contributed by atoms with van der Waals surface area (Å²) in [5, 5.41) is 3.69. The van der Waals surface area contributed by atoms with E-state index >= 15 is 0 Å². The van der Waals surface area contributed by atoms with Gasteiger partial charge in [0.05, 0.1) is 0 Å². The molecule has 0 amide bonds. The van der Waals surface area contributed by atoms with Gasteiger partial charge in [0.1, 0.15) is 0 Å². The van der Waals surface area contributed by atoms with Crippen LogP contribution in [0, 0.1) is 0 Å². The Kier molecular flexibility index (Phi) is 5.07. The fraction of sp³-hybridized carbons (Fsp3) is 0.538. The number of hydrogen-bond acceptors (Lipinski definition) is 3. The number of nitrogens with one attached hydrogen (secondary N) is 1. The van der Waals surface area contributed by atoms with Crippen LogP contribution in [0.3, 0.4) is 0 Å². The molecule has 0 spiro atoms. The molecule has 0 fully saturated rings. The van der Waals surface area contributed by atoms with E-state index in [2.05, 4.69) is 35.8 Å². The lowest BCUT2D eigenvalue weighted by atomic mass is 10.0. The van der Waals surface area contributed by atoms with Crippen molar-refractivity contribution in [3.05, 3.63) is 29.8 Å². The van der Waals surface area contributed by atoms with E-state index in [1.807, 2.05) is 23.5 Å². The zero-order valence-electron chi connectivity index (χ0n) is 9.74. The largest absolute Gasteiger partial charge is 0.310 e. The SMILES string of the molecule is CSCCCNC1CCSc2ccccc21. The molecule has 0 radical (unpaired) electrons. The maximum absolute atomic E-state index is 3.69. The van der Waals surface area contributed by atoms with Gasteiger partial charge >= 0.3 is 0 Å². The lowest BCUT2D eigenvalue weighted by Crippen LogP contribution is -2.25. The molecule has 1 aromatic rings. The third kappa shape index (κ3) is 3.19. The van der Waals surface area contributed by atoms with Crippen molar-refractivity contribution in [1.82, 2.24) is 5.32 Å². The van der Waals surface area contributed by atoms with Gasteiger partial charge in [0.25, 0.3) is 0 Å². The lowest BCUT2D eigenvalue weighted by Gasteiger charge is -2.25. The first-order chi connectivity index (χ1) is 7.92. The Balaban J connectivity index is 1.91. The van der Waals surface area contributed by atoms with Crippen molar-refractivity contribution in [2.75, 3.05) is 24.3 Å². The predicted molar refractivity (Wildman–Crippen MR) is 75.5 cm³/mol. The first kappa shape index (κ1) is 12.3. The fourth-order valence-electron chi connectivity index (χ4n) is 2.05. The average Bonchev–Trinajstić information content (AvgIpc) is 2.35. The van der Waals surface area contributed by atoms with Gasteiger partial charge in [-0.05, 0) is 48.8 Å². The number of fused-ring (bicyclic) bond motifs is 1. The summed E-state index contributed by atoms with van der Waals surface area (Å²) in [6, 6.07) is 9.39. The Hall–Kier alpha value is -0.120. The summed E-state index contributed by atoms with van der Waals surface area (Å²) >= 11 is 3.92. The van der Waals surface area contributed by atoms with Gasteiger partial charge in [0, 0.05) is 10.9 Å². The highest BCUT2D eigenvalue weighted by molar-refractivity contribution is 7.99. The van der Waals surface area contributed by atoms with Gasteiger partial charge in [-0.1, -0.05) is 18.2 Å². The van der Waals surface area contributed by atoms with Crippen molar-refractivity contribution in [2.45, 2.75) is 23.8 Å². The minimum atomic E-state index is 0.583. The molecule has 2 rings (SSSR count). The molecule has 1 aliphatic heterocycles. The van der Waals surface area contributed by atoms with Gasteiger partial charge in [-0.3, -0.25) is 0 Å². The molecule has 1 atom stereocenters. The molecule has 1 aromatic carbocycles. The first-order valence-electron chi connectivity index (χ1n) is 5.86. The second kappa shape index (κ2) is 6.58. The highest BCUT2D eigenvalue weighted by atomic mass is 32.2. The molecule has 3 heteroatoms. The molecule has 0 saturated heterocycles. The Morgan fingerprint density at radius 3 is 3.19 bits per heavy atom. The normalized spacial score (nSPS) is 19.4. The minimum Gasteiger partial charge on any atom is -0.310 e. The summed E-state index contributed by atoms with van der Waals surface area (Å²) in [5.41, 5.74) is 1.50. The Labute approximate surface area is 107 Å². The smallest absolute Gasteiger partial charge is 0.0339 e. The number of hydrogen-bond donors (Lipinski definition) is 1. The molecular weight excluding hydrogens is 234 g/mol. The topological polar surface area (TPSA) is 12.0 Å². The van der Waals surface area contributed by atoms with Gasteiger partial charge in [-0.15, -0.1) is 11.8 Å². The summed E-state index contributed by atoms with van der Waals surface area (Å²) in [7, 11) is 0. The first-order valence-corrected chi connectivity index (χ1v) is 8.24. The quantitative estimate of drug-likeness (QED) is 0.806. The van der Waals surface area contributed by atoms with Gasteiger partial charge in [-0.2, -0.15) is 11.8 Å². The molecule has 1 aliphatic rings. The highest BCUT2D eigenvalue weighted by Gasteiger charge is 2.18. The van der Waals surface area contributed by atoms with E-state index in [-0.39, 0.29) is 0 Å². The van der Waals surface area contributed by atoms with Crippen LogP contribution in [0.5, 0.6) is 0 Å². The second-order valence-electron chi connectivity index (χ2n) is 4.03. The average molecular weight is 253 g/mol. The molecule has 1 heterocycles. The number of thioether (sulfide) groups is 2. The van der Waals surface area contributed by atoms with Crippen LogP contribution in [0.15, 0.2) is 29.2 Å². The zero-order valence-corrected chi connectivity index (χ0v) is 11.4. The molecule has 0 saturated carbocycles. The van der Waals surface area contributed by atoms with Gasteiger partial charge < -0.3 is 5.32 Å². The Bertz CT molecular complexity index is 327. The van der Waals surface area contributed by atoms with Crippen LogP contribution < -0.4 is 5.32 Å². The predicted octanol–water partition coefficient (Wildman–Crippen LogP) is 3.57. The van der Waals surface area contributed by atoms with E-state index < -0.39 is 0 Å². The van der Waals surface area contributed by atoms with E-state index in [4.69, 9.17) is 0 Å². The lowest BCUT2D eigenvalue weighted by molar-refractivity contribution is 0.511. The summed E-state index contributed by atoms with van der Waals surface area (Å²) in [6.45, 7) is 1.14. The van der Waals surface area contributed by atoms with Crippen molar-refractivity contribution < 1.29 is 0 Å². The molecule has 1 unspecified atom stereocenters. The number of benzene rings is 1. The summed E-state index contributed by atoms with van der Waals surface area (Å²) in [5.74, 6) is 2.51. The zero-order chi connectivity index (χ0) is 11.2. The standard InChI is InChI=1S/C13H19NS2/c1-15-9-4-8-14-12-7-10-16-13-6-3-2-5-11(12)13/h2-3,5-6,12,14H,4,7-10H2,1H3. The maximum atomic E-state index is 3.69. The second-order valence-corrected chi connectivity index (χ2v) is 6.15. The molecule has 1 nitrogen and oxygen atoms in total. The van der Waals surface area contributed by atoms with Crippen LogP contribution in [0.1, 0.15) is 24.4 Å². The van der Waals surface area contributed by atoms with E-state index in [0.717, 1.165) is 6.54 Å². The van der Waals surface area contributed by atoms with Crippen molar-refractivity contribution in [1.29, 1.82) is 0 Å². The molecule has 16 heavy (non-hydrogen) atoms. The van der Waals surface area contributed by atoms with E-state index in [0.29, 0.717) is 6.04 Å². The fourth-order valence-corrected chi connectivity index (χ4v) is 3.61. The van der Waals surface area contributed by atoms with Crippen molar-refractivity contribution in [2.24, 2.45) is 0 Å². The third-order valence-electron chi connectivity index (χ3n) is 2.87. The molecule has 0 aromatic heterocycles. The van der Waals surface area contributed by atoms with Crippen LogP contribution in [0.25, 0.3) is 0 Å². The molecule has 1 N–H and O–H groups in total. The van der Waals surface area contributed by atoms with Crippen LogP contribution in [0.4, 0.5) is 0 Å². The molecule has 88 valence electrons. The van der Waals surface area contributed by atoms with Crippen molar-refractivity contribution in [3.8, 4) is 0 Å². The van der Waals surface area contributed by atoms with Crippen molar-refractivity contribution >= 4 is 23.5 Å². The third-order valence-corrected chi connectivity index (χ3v) is 4.69.